The molecule has 4 amide bonds. The highest BCUT2D eigenvalue weighted by molar-refractivity contribution is 9.09. The molecule has 0 aromatic heterocycles. The van der Waals surface area contributed by atoms with Crippen molar-refractivity contribution in [2.75, 3.05) is 52.6 Å². The molecule has 2 spiro atoms. The summed E-state index contributed by atoms with van der Waals surface area (Å²) in [6, 6.07) is 0.400. The molecule has 4 aliphatic carbocycles. The first kappa shape index (κ1) is 68.8. The second-order valence-corrected chi connectivity index (χ2v) is 32.0. The van der Waals surface area contributed by atoms with Gasteiger partial charge >= 0.3 is 0 Å². The number of carbonyl (C=O) groups is 6. The molecule has 0 radical (unpaired) electrons. The Bertz CT molecular complexity index is 2820. The lowest BCUT2D eigenvalue weighted by atomic mass is 9.62. The van der Waals surface area contributed by atoms with Crippen LogP contribution in [0.25, 0.3) is 9.69 Å². The number of hydrogen-bond acceptors (Lipinski definition) is 10. The minimum atomic E-state index is -0.959. The Morgan fingerprint density at radius 2 is 0.819 bits per heavy atom. The summed E-state index contributed by atoms with van der Waals surface area (Å²) in [6.45, 7) is 51.1. The fraction of sp³-hybridized carbons (Fsp3) is 0.677. The minimum absolute atomic E-state index is 0.0566. The molecule has 0 aromatic rings. The third-order valence-electron chi connectivity index (χ3n) is 18.4. The second-order valence-electron chi connectivity index (χ2n) is 26.4. The quantitative estimate of drug-likeness (QED) is 0.124. The van der Waals surface area contributed by atoms with Gasteiger partial charge in [-0.1, -0.05) is 122 Å². The van der Waals surface area contributed by atoms with Gasteiger partial charge in [0.1, 0.15) is 0 Å². The largest absolute Gasteiger partial charge is 0.352 e. The van der Waals surface area contributed by atoms with E-state index in [0.29, 0.717) is 57.4 Å². The minimum Gasteiger partial charge on any atom is -0.352 e. The summed E-state index contributed by atoms with van der Waals surface area (Å²) in [5.41, 5.74) is 1.80. The van der Waals surface area contributed by atoms with Crippen LogP contribution >= 0.6 is 52.9 Å². The van der Waals surface area contributed by atoms with Gasteiger partial charge in [-0.15, -0.1) is 37.0 Å². The van der Waals surface area contributed by atoms with Crippen molar-refractivity contribution in [2.24, 2.45) is 21.7 Å². The Balaban J connectivity index is 0.000000174. The van der Waals surface area contributed by atoms with Crippen molar-refractivity contribution in [3.63, 3.8) is 0 Å². The average molecular weight is 1280 g/mol. The van der Waals surface area contributed by atoms with Crippen LogP contribution < -0.4 is 5.32 Å². The summed E-state index contributed by atoms with van der Waals surface area (Å²) >= 11 is 3.27. The number of nitrogens with one attached hydrogen (secondary N) is 1. The topological polar surface area (TPSA) is 170 Å². The summed E-state index contributed by atoms with van der Waals surface area (Å²) < 4.78 is 23.8. The predicted octanol–water partition coefficient (Wildman–Crippen LogP) is 9.73. The van der Waals surface area contributed by atoms with Gasteiger partial charge in [0.25, 0.3) is 0 Å². The van der Waals surface area contributed by atoms with Gasteiger partial charge in [0, 0.05) is 83.6 Å². The molecule has 83 heavy (non-hydrogen) atoms. The molecule has 10 aliphatic rings. The van der Waals surface area contributed by atoms with Crippen LogP contribution in [0.4, 0.5) is 0 Å². The number of allylic oxidation sites excluding steroid dienone is 2. The van der Waals surface area contributed by atoms with Crippen molar-refractivity contribution in [1.82, 2.24) is 20.0 Å². The van der Waals surface area contributed by atoms with E-state index in [2.05, 4.69) is 135 Å². The fourth-order valence-corrected chi connectivity index (χ4v) is 16.8. The van der Waals surface area contributed by atoms with Crippen LogP contribution in [0.2, 0.25) is 0 Å². The zero-order chi connectivity index (χ0) is 62.6. The Kier molecular flexibility index (Phi) is 20.5. The smallest absolute Gasteiger partial charge is 0.239 e. The summed E-state index contributed by atoms with van der Waals surface area (Å²) in [5, 5.41) is 0.0264. The number of carbonyl (C=O) groups excluding carboxylic acids is 6. The Morgan fingerprint density at radius 3 is 1.16 bits per heavy atom. The molecule has 8 atom stereocenters. The van der Waals surface area contributed by atoms with E-state index in [9.17, 15) is 28.8 Å². The van der Waals surface area contributed by atoms with Crippen molar-refractivity contribution in [3.8, 4) is 0 Å². The number of halogens is 1. The number of alkyl halides is 1. The average Bonchev–Trinajstić information content (AvgIpc) is 1.74. The third-order valence-corrected chi connectivity index (χ3v) is 21.6. The first-order valence-electron chi connectivity index (χ1n) is 28.9. The van der Waals surface area contributed by atoms with E-state index in [1.807, 2.05) is 44.7 Å². The van der Waals surface area contributed by atoms with E-state index in [1.54, 1.807) is 37.5 Å². The number of amides is 4. The molecular formula is C62H91BrN6O10P4. The number of ketones is 2. The van der Waals surface area contributed by atoms with Gasteiger partial charge in [-0.3, -0.25) is 19.2 Å². The molecule has 456 valence electrons. The van der Waals surface area contributed by atoms with Gasteiger partial charge in [-0.2, -0.15) is 0 Å². The summed E-state index contributed by atoms with van der Waals surface area (Å²) in [4.78, 5) is 88.2. The van der Waals surface area contributed by atoms with Crippen LogP contribution in [-0.2, 0) is 47.7 Å². The number of Topliss-reactive ketones (excluding diaryl/α,β-unsaturated/α-hetero) is 2. The van der Waals surface area contributed by atoms with Gasteiger partial charge in [0.15, 0.2) is 23.1 Å². The molecular weight excluding hydrogens is 1190 g/mol. The van der Waals surface area contributed by atoms with Gasteiger partial charge in [-0.25, -0.2) is 9.69 Å². The van der Waals surface area contributed by atoms with Gasteiger partial charge < -0.3 is 48.6 Å². The van der Waals surface area contributed by atoms with Crippen molar-refractivity contribution in [3.05, 3.63) is 93.0 Å². The molecule has 16 nitrogen and oxygen atoms in total. The molecule has 6 aliphatic heterocycles. The highest BCUT2D eigenvalue weighted by Crippen LogP contribution is 2.61. The molecule has 1 N–H and O–H groups in total. The normalized spacial score (nSPS) is 31.0. The SMILES string of the molecule is CC(C)Br.CC(C)N1CC=C2C(P)(CCC3(OCCO3)C2(C)C)C1=O.CC1(C)C2=CCNC(=O)C2(P)CCC12OCCO2.[C-]#[N+]C1=C[C@@]2(P)C(=O)N(C(C)C)CC=C2C(C)(C)C1=O.[C-]#[N+]C1=C[C@]2(P)C(=O)N(C(C)C)CC=C2C(C)(C)C1=O. The monoisotopic (exact) mass is 1280 g/mol. The second kappa shape index (κ2) is 24.7. The van der Waals surface area contributed by atoms with Crippen molar-refractivity contribution < 1.29 is 47.7 Å². The van der Waals surface area contributed by atoms with Gasteiger partial charge in [-0.05, 0) is 76.7 Å². The molecule has 10 rings (SSSR count). The van der Waals surface area contributed by atoms with Crippen LogP contribution in [0.1, 0.15) is 136 Å². The van der Waals surface area contributed by atoms with Crippen LogP contribution in [0.15, 0.2) is 70.1 Å². The van der Waals surface area contributed by atoms with Crippen LogP contribution in [0, 0.1) is 34.8 Å². The number of fused-ring (bicyclic) bond motifs is 4. The Labute approximate surface area is 511 Å². The maximum absolute atomic E-state index is 13.0. The molecule has 6 heterocycles. The summed E-state index contributed by atoms with van der Waals surface area (Å²) in [7, 11) is 10.7. The van der Waals surface area contributed by atoms with Crippen molar-refractivity contribution in [1.29, 1.82) is 0 Å². The lowest BCUT2D eigenvalue weighted by Gasteiger charge is -2.56. The number of hydrogen-bond donors (Lipinski definition) is 1. The standard InChI is InChI=1S/C16H26NO3P.2C15H19N2O2P.C13H20NO3P.C3H7Br/c1-11(2)17-8-5-12-14(3,4)16(19-9-10-20-16)7-6-15(12,21)13(17)18;2*1-9(2)17-7-6-11-14(3,4)12(18)10(16-5)8-15(11,20)13(17)19;1-11(2)9-3-6-14-10(15)12(9,18)4-5-13(11)16-7-8-17-13;1-3(2)4/h5,11H,6-10,21H2,1-4H3;2*6,8-9H,7,20H2,1-4H3;3H,4-8,18H2,1-2H3,(H,14,15);3H,1-2H3/t;2*15-;;/m.10../s1. The fourth-order valence-electron chi connectivity index (χ4n) is 13.7. The molecule has 2 saturated heterocycles. The lowest BCUT2D eigenvalue weighted by Crippen LogP contribution is -2.62. The van der Waals surface area contributed by atoms with Crippen LogP contribution in [0.3, 0.4) is 0 Å². The highest BCUT2D eigenvalue weighted by atomic mass is 79.9. The van der Waals surface area contributed by atoms with Crippen LogP contribution in [0.5, 0.6) is 0 Å². The molecule has 4 fully saturated rings. The summed E-state index contributed by atoms with van der Waals surface area (Å²) in [5.74, 6) is -1.30. The predicted molar refractivity (Wildman–Crippen MR) is 342 cm³/mol. The first-order valence-corrected chi connectivity index (χ1v) is 32.2. The Morgan fingerprint density at radius 1 is 0.506 bits per heavy atom. The summed E-state index contributed by atoms with van der Waals surface area (Å²) in [6.07, 6.45) is 14.3. The van der Waals surface area contributed by atoms with E-state index >= 15 is 0 Å². The molecule has 2 saturated carbocycles. The zero-order valence-electron chi connectivity index (χ0n) is 51.8. The number of ether oxygens (including phenoxy) is 4. The lowest BCUT2D eigenvalue weighted by molar-refractivity contribution is -0.232. The maximum atomic E-state index is 13.0. The first-order chi connectivity index (χ1) is 38.2. The third kappa shape index (κ3) is 11.8. The number of rotatable bonds is 3. The zero-order valence-corrected chi connectivity index (χ0v) is 58.0. The molecule has 0 bridgehead atoms. The highest BCUT2D eigenvalue weighted by Gasteiger charge is 2.64. The van der Waals surface area contributed by atoms with Crippen molar-refractivity contribution >= 4 is 88.1 Å². The van der Waals surface area contributed by atoms with E-state index in [-0.39, 0.29) is 75.5 Å². The van der Waals surface area contributed by atoms with E-state index in [0.717, 1.165) is 48.0 Å². The number of nitrogens with zero attached hydrogens (tertiary/aromatic N) is 5. The van der Waals surface area contributed by atoms with Crippen LogP contribution in [-0.4, -0.2) is 158 Å². The molecule has 6 unspecified atom stereocenters. The van der Waals surface area contributed by atoms with E-state index in [4.69, 9.17) is 32.1 Å². The molecule has 0 aromatic carbocycles. The van der Waals surface area contributed by atoms with E-state index in [1.165, 1.54) is 12.2 Å². The Hall–Kier alpha value is -3.32. The van der Waals surface area contributed by atoms with E-state index < -0.39 is 43.0 Å². The van der Waals surface area contributed by atoms with Gasteiger partial charge in [0.05, 0.1) is 60.2 Å². The van der Waals surface area contributed by atoms with Crippen molar-refractivity contribution in [2.45, 2.75) is 192 Å². The molecule has 21 heteroatoms. The van der Waals surface area contributed by atoms with Gasteiger partial charge in [0.2, 0.25) is 35.0 Å². The maximum Gasteiger partial charge on any atom is 0.239 e.